The van der Waals surface area contributed by atoms with E-state index in [0.29, 0.717) is 5.91 Å². The lowest BCUT2D eigenvalue weighted by molar-refractivity contribution is -0.143. The van der Waals surface area contributed by atoms with Crippen LogP contribution in [-0.4, -0.2) is 74.0 Å². The predicted molar refractivity (Wildman–Crippen MR) is 139 cm³/mol. The van der Waals surface area contributed by atoms with Gasteiger partial charge in [-0.25, -0.2) is 0 Å². The van der Waals surface area contributed by atoms with Crippen molar-refractivity contribution in [2.75, 3.05) is 53.4 Å². The Morgan fingerprint density at radius 1 is 0.788 bits per heavy atom. The first kappa shape index (κ1) is 25.5. The van der Waals surface area contributed by atoms with Crippen LogP contribution in [0.2, 0.25) is 0 Å². The first-order valence-electron chi connectivity index (χ1n) is 12.3. The van der Waals surface area contributed by atoms with Crippen molar-refractivity contribution in [1.29, 1.82) is 0 Å². The number of hydrogen-bond acceptors (Lipinski definition) is 3. The van der Waals surface area contributed by atoms with Crippen LogP contribution in [0.5, 0.6) is 0 Å². The van der Waals surface area contributed by atoms with Crippen molar-refractivity contribution in [3.05, 3.63) is 69.8 Å². The van der Waals surface area contributed by atoms with E-state index in [0.717, 1.165) is 52.1 Å². The molecule has 1 aliphatic rings. The summed E-state index contributed by atoms with van der Waals surface area (Å²) < 4.78 is 0. The van der Waals surface area contributed by atoms with Gasteiger partial charge < -0.3 is 9.80 Å². The van der Waals surface area contributed by atoms with Gasteiger partial charge in [-0.15, -0.1) is 0 Å². The maximum absolute atomic E-state index is 14.0. The van der Waals surface area contributed by atoms with E-state index in [1.165, 1.54) is 33.4 Å². The maximum atomic E-state index is 14.0. The minimum atomic E-state index is -0.466. The van der Waals surface area contributed by atoms with Crippen LogP contribution in [0.25, 0.3) is 0 Å². The number of nitrogens with zero attached hydrogens (tertiary/aromatic N) is 3. The number of carbonyl (C=O) groups excluding carboxylic acids is 1. The van der Waals surface area contributed by atoms with Crippen molar-refractivity contribution in [3.8, 4) is 0 Å². The summed E-state index contributed by atoms with van der Waals surface area (Å²) in [6.07, 6.45) is 1.53. The van der Waals surface area contributed by atoms with Gasteiger partial charge in [0.15, 0.2) is 0 Å². The fourth-order valence-corrected chi connectivity index (χ4v) is 5.35. The lowest BCUT2D eigenvalue weighted by atomic mass is 9.76. The van der Waals surface area contributed by atoms with Crippen molar-refractivity contribution in [1.82, 2.24) is 14.7 Å². The number of likely N-dealkylation sites (N-methyl/N-ethyl adjacent to an activating group) is 1. The van der Waals surface area contributed by atoms with E-state index >= 15 is 0 Å². The Morgan fingerprint density at radius 2 is 1.21 bits per heavy atom. The van der Waals surface area contributed by atoms with Gasteiger partial charge in [0, 0.05) is 39.3 Å². The highest BCUT2D eigenvalue weighted by Gasteiger charge is 2.38. The van der Waals surface area contributed by atoms with Gasteiger partial charge in [-0.3, -0.25) is 9.69 Å². The molecule has 4 nitrogen and oxygen atoms in total. The van der Waals surface area contributed by atoms with Gasteiger partial charge in [0.25, 0.3) is 0 Å². The Balaban J connectivity index is 1.82. The van der Waals surface area contributed by atoms with Crippen LogP contribution in [0.1, 0.15) is 40.3 Å². The Bertz CT molecular complexity index is 863. The van der Waals surface area contributed by atoms with Crippen LogP contribution < -0.4 is 0 Å². The second kappa shape index (κ2) is 10.8. The average Bonchev–Trinajstić information content (AvgIpc) is 2.70. The molecule has 0 aromatic heterocycles. The first-order valence-corrected chi connectivity index (χ1v) is 12.3. The van der Waals surface area contributed by atoms with Gasteiger partial charge >= 0.3 is 0 Å². The minimum absolute atomic E-state index is 0.299. The Morgan fingerprint density at radius 3 is 1.61 bits per heavy atom. The van der Waals surface area contributed by atoms with E-state index in [1.54, 1.807) is 0 Å². The number of piperazine rings is 1. The monoisotopic (exact) mass is 449 g/mol. The van der Waals surface area contributed by atoms with Crippen molar-refractivity contribution in [2.24, 2.45) is 5.41 Å². The molecule has 1 fully saturated rings. The third-order valence-corrected chi connectivity index (χ3v) is 6.79. The molecule has 180 valence electrons. The van der Waals surface area contributed by atoms with Crippen LogP contribution >= 0.6 is 0 Å². The molecule has 0 radical (unpaired) electrons. The summed E-state index contributed by atoms with van der Waals surface area (Å²) in [4.78, 5) is 20.9. The lowest BCUT2D eigenvalue weighted by Gasteiger charge is -2.40. The second-order valence-corrected chi connectivity index (χ2v) is 10.8. The standard InChI is InChI=1S/C29H43N3O/c1-22-14-23(2)17-26(16-22)20-29(5,21-27-18-24(3)15-25(4)19-27)28(33)32-12-10-31(11-13-32)9-8-30(6)7/h14-19H,8-13,20-21H2,1-7H3. The topological polar surface area (TPSA) is 26.8 Å². The summed E-state index contributed by atoms with van der Waals surface area (Å²) in [5.41, 5.74) is 7.12. The smallest absolute Gasteiger partial charge is 0.229 e. The van der Waals surface area contributed by atoms with Crippen molar-refractivity contribution >= 4 is 5.91 Å². The van der Waals surface area contributed by atoms with Gasteiger partial charge in [-0.2, -0.15) is 0 Å². The molecule has 1 saturated heterocycles. The van der Waals surface area contributed by atoms with Crippen molar-refractivity contribution in [3.63, 3.8) is 0 Å². The highest BCUT2D eigenvalue weighted by molar-refractivity contribution is 5.83. The normalized spacial score (nSPS) is 15.3. The number of rotatable bonds is 8. The molecule has 0 saturated carbocycles. The Hall–Kier alpha value is -2.17. The largest absolute Gasteiger partial charge is 0.340 e. The molecule has 0 aliphatic carbocycles. The summed E-state index contributed by atoms with van der Waals surface area (Å²) in [6, 6.07) is 13.4. The summed E-state index contributed by atoms with van der Waals surface area (Å²) in [5.74, 6) is 0.299. The van der Waals surface area contributed by atoms with Gasteiger partial charge in [-0.1, -0.05) is 65.6 Å². The van der Waals surface area contributed by atoms with Crippen molar-refractivity contribution < 1.29 is 4.79 Å². The fourth-order valence-electron chi connectivity index (χ4n) is 5.35. The third-order valence-electron chi connectivity index (χ3n) is 6.79. The van der Waals surface area contributed by atoms with Gasteiger partial charge in [0.2, 0.25) is 5.91 Å². The molecule has 1 amide bonds. The average molecular weight is 450 g/mol. The first-order chi connectivity index (χ1) is 15.5. The summed E-state index contributed by atoms with van der Waals surface area (Å²) in [7, 11) is 4.23. The molecular formula is C29H43N3O. The van der Waals surface area contributed by atoms with Crippen molar-refractivity contribution in [2.45, 2.75) is 47.5 Å². The molecule has 1 heterocycles. The second-order valence-electron chi connectivity index (χ2n) is 10.8. The molecule has 1 aliphatic heterocycles. The number of benzene rings is 2. The summed E-state index contributed by atoms with van der Waals surface area (Å²) in [6.45, 7) is 16.5. The van der Waals surface area contributed by atoms with Crippen LogP contribution in [0.3, 0.4) is 0 Å². The summed E-state index contributed by atoms with van der Waals surface area (Å²) in [5, 5.41) is 0. The van der Waals surface area contributed by atoms with E-state index in [2.05, 4.69) is 99.8 Å². The number of hydrogen-bond donors (Lipinski definition) is 0. The SMILES string of the molecule is Cc1cc(C)cc(CC(C)(Cc2cc(C)cc(C)c2)C(=O)N2CCN(CCN(C)C)CC2)c1. The zero-order valence-corrected chi connectivity index (χ0v) is 21.9. The lowest BCUT2D eigenvalue weighted by Crippen LogP contribution is -2.54. The molecule has 0 spiro atoms. The van der Waals surface area contributed by atoms with Crippen LogP contribution in [0.4, 0.5) is 0 Å². The van der Waals surface area contributed by atoms with Gasteiger partial charge in [-0.05, 0) is 65.8 Å². The molecule has 0 atom stereocenters. The third kappa shape index (κ3) is 7.15. The molecule has 3 rings (SSSR count). The number of carbonyl (C=O) groups is 1. The fraction of sp³-hybridized carbons (Fsp3) is 0.552. The van der Waals surface area contributed by atoms with Crippen LogP contribution in [0.15, 0.2) is 36.4 Å². The number of amides is 1. The van der Waals surface area contributed by atoms with E-state index in [9.17, 15) is 4.79 Å². The molecule has 2 aromatic carbocycles. The molecule has 4 heteroatoms. The zero-order valence-electron chi connectivity index (χ0n) is 21.9. The van der Waals surface area contributed by atoms with Gasteiger partial charge in [0.05, 0.1) is 5.41 Å². The van der Waals surface area contributed by atoms with E-state index in [4.69, 9.17) is 0 Å². The Kier molecular flexibility index (Phi) is 8.36. The Labute approximate surface area is 201 Å². The molecule has 2 aromatic rings. The number of aryl methyl sites for hydroxylation is 4. The van der Waals surface area contributed by atoms with Crippen LogP contribution in [0, 0.1) is 33.1 Å². The van der Waals surface area contributed by atoms with Crippen LogP contribution in [-0.2, 0) is 17.6 Å². The zero-order chi connectivity index (χ0) is 24.2. The highest BCUT2D eigenvalue weighted by atomic mass is 16.2. The van der Waals surface area contributed by atoms with E-state index < -0.39 is 5.41 Å². The quantitative estimate of drug-likeness (QED) is 0.597. The maximum Gasteiger partial charge on any atom is 0.229 e. The molecule has 0 unspecified atom stereocenters. The molecule has 0 bridgehead atoms. The minimum Gasteiger partial charge on any atom is -0.340 e. The predicted octanol–water partition coefficient (Wildman–Crippen LogP) is 4.42. The molecular weight excluding hydrogens is 406 g/mol. The summed E-state index contributed by atoms with van der Waals surface area (Å²) >= 11 is 0. The van der Waals surface area contributed by atoms with Gasteiger partial charge in [0.1, 0.15) is 0 Å². The molecule has 0 N–H and O–H groups in total. The van der Waals surface area contributed by atoms with E-state index in [-0.39, 0.29) is 0 Å². The van der Waals surface area contributed by atoms with E-state index in [1.807, 2.05) is 0 Å². The molecule has 33 heavy (non-hydrogen) atoms. The highest BCUT2D eigenvalue weighted by Crippen LogP contribution is 2.32.